The van der Waals surface area contributed by atoms with E-state index in [1.807, 2.05) is 27.2 Å². The number of esters is 2. The molecule has 0 saturated heterocycles. The van der Waals surface area contributed by atoms with Gasteiger partial charge in [0.1, 0.15) is 19.8 Å². The van der Waals surface area contributed by atoms with Crippen molar-refractivity contribution in [2.24, 2.45) is 0 Å². The molecule has 0 amide bonds. The van der Waals surface area contributed by atoms with Gasteiger partial charge in [0.2, 0.25) is 0 Å². The molecule has 312 valence electrons. The van der Waals surface area contributed by atoms with Gasteiger partial charge in [0.05, 0.1) is 27.7 Å². The van der Waals surface area contributed by atoms with Crippen molar-refractivity contribution in [2.45, 2.75) is 193 Å². The monoisotopic (exact) mass is 773 g/mol. The molecule has 9 nitrogen and oxygen atoms in total. The number of quaternary nitrogens is 1. The fraction of sp³-hybridized carbons (Fsp3) is 0.860. The predicted molar refractivity (Wildman–Crippen MR) is 220 cm³/mol. The summed E-state index contributed by atoms with van der Waals surface area (Å²) >= 11 is 0. The van der Waals surface area contributed by atoms with E-state index in [1.165, 1.54) is 103 Å². The third-order valence-electron chi connectivity index (χ3n) is 9.35. The number of phosphoric ester groups is 1. The average Bonchev–Trinajstić information content (AvgIpc) is 3.10. The van der Waals surface area contributed by atoms with Gasteiger partial charge in [0.25, 0.3) is 0 Å². The summed E-state index contributed by atoms with van der Waals surface area (Å²) < 4.78 is 34.3. The molecule has 0 radical (unpaired) electrons. The Morgan fingerprint density at radius 1 is 0.623 bits per heavy atom. The van der Waals surface area contributed by atoms with Crippen molar-refractivity contribution in [3.8, 4) is 0 Å². The second-order valence-corrected chi connectivity index (χ2v) is 17.3. The van der Waals surface area contributed by atoms with Crippen molar-refractivity contribution >= 4 is 19.8 Å². The van der Waals surface area contributed by atoms with Crippen LogP contribution < -0.4 is 0 Å². The van der Waals surface area contributed by atoms with Gasteiger partial charge < -0.3 is 18.9 Å². The van der Waals surface area contributed by atoms with E-state index in [-0.39, 0.29) is 32.0 Å². The number of hydrogen-bond donors (Lipinski definition) is 1. The highest BCUT2D eigenvalue weighted by Crippen LogP contribution is 2.43. The standard InChI is InChI=1S/C43H82NO8P/c1-6-8-10-12-14-16-18-20-22-24-26-28-30-32-34-36-43(46)52-41(40-51-53(47,48)50-38-37-44(3,4)5)39-49-42(45)35-33-31-29-27-25-23-21-19-17-15-13-11-9-7-2/h6,19,21,41H,1,7-18,20,22-40H2,2-5H3/p+1/b21-19+/t41-/m1/s1. The highest BCUT2D eigenvalue weighted by Gasteiger charge is 2.27. The van der Waals surface area contributed by atoms with Crippen LogP contribution in [0.15, 0.2) is 24.8 Å². The van der Waals surface area contributed by atoms with E-state index < -0.39 is 26.5 Å². The van der Waals surface area contributed by atoms with Crippen LogP contribution in [0.25, 0.3) is 0 Å². The highest BCUT2D eigenvalue weighted by atomic mass is 31.2. The SMILES string of the molecule is C=CCCCCCCCCCCCCCCCC(=O)O[C@H](COC(=O)CCCCCCC/C=C/CCCCCCC)COP(=O)(O)OCC[N+](C)(C)C. The van der Waals surface area contributed by atoms with Crippen LogP contribution in [0.4, 0.5) is 0 Å². The van der Waals surface area contributed by atoms with Gasteiger partial charge in [-0.05, 0) is 51.4 Å². The minimum absolute atomic E-state index is 0.0311. The summed E-state index contributed by atoms with van der Waals surface area (Å²) in [5.41, 5.74) is 0. The molecule has 0 rings (SSSR count). The van der Waals surface area contributed by atoms with Gasteiger partial charge in [-0.3, -0.25) is 18.6 Å². The van der Waals surface area contributed by atoms with E-state index in [0.717, 1.165) is 57.8 Å². The average molecular weight is 773 g/mol. The molecule has 1 unspecified atom stereocenters. The molecule has 0 bridgehead atoms. The second-order valence-electron chi connectivity index (χ2n) is 15.8. The van der Waals surface area contributed by atoms with E-state index in [2.05, 4.69) is 25.7 Å². The molecule has 0 fully saturated rings. The Bertz CT molecular complexity index is 951. The molecule has 0 heterocycles. The Morgan fingerprint density at radius 3 is 1.53 bits per heavy atom. The van der Waals surface area contributed by atoms with E-state index in [4.69, 9.17) is 18.5 Å². The maximum absolute atomic E-state index is 12.7. The number of likely N-dealkylation sites (N-methyl/N-ethyl adjacent to an activating group) is 1. The number of hydrogen-bond acceptors (Lipinski definition) is 7. The summed E-state index contributed by atoms with van der Waals surface area (Å²) in [7, 11) is 1.47. The number of carbonyl (C=O) groups excluding carboxylic acids is 2. The molecule has 0 aromatic carbocycles. The first-order valence-corrected chi connectivity index (χ1v) is 23.0. The molecule has 2 atom stereocenters. The molecule has 1 N–H and O–H groups in total. The lowest BCUT2D eigenvalue weighted by Gasteiger charge is -2.24. The number of allylic oxidation sites excluding steroid dienone is 3. The molecule has 0 aliphatic carbocycles. The number of unbranched alkanes of at least 4 members (excludes halogenated alkanes) is 23. The fourth-order valence-corrected chi connectivity index (χ4v) is 6.67. The van der Waals surface area contributed by atoms with E-state index in [1.54, 1.807) is 0 Å². The molecule has 0 spiro atoms. The molecule has 10 heteroatoms. The van der Waals surface area contributed by atoms with E-state index in [0.29, 0.717) is 17.4 Å². The van der Waals surface area contributed by atoms with Gasteiger partial charge in [-0.25, -0.2) is 4.57 Å². The number of rotatable bonds is 40. The highest BCUT2D eigenvalue weighted by molar-refractivity contribution is 7.47. The third kappa shape index (κ3) is 40.0. The minimum atomic E-state index is -4.37. The largest absolute Gasteiger partial charge is 0.472 e. The maximum atomic E-state index is 12.7. The first-order chi connectivity index (χ1) is 25.5. The van der Waals surface area contributed by atoms with Gasteiger partial charge in [-0.15, -0.1) is 6.58 Å². The Hall–Kier alpha value is -1.51. The molecule has 0 aromatic rings. The zero-order chi connectivity index (χ0) is 39.3. The second kappa shape index (κ2) is 36.1. The van der Waals surface area contributed by atoms with E-state index in [9.17, 15) is 19.0 Å². The number of carbonyl (C=O) groups is 2. The van der Waals surface area contributed by atoms with Crippen molar-refractivity contribution in [1.29, 1.82) is 0 Å². The fourth-order valence-electron chi connectivity index (χ4n) is 5.93. The minimum Gasteiger partial charge on any atom is -0.462 e. The summed E-state index contributed by atoms with van der Waals surface area (Å²) in [6, 6.07) is 0. The smallest absolute Gasteiger partial charge is 0.462 e. The summed E-state index contributed by atoms with van der Waals surface area (Å²) in [6.45, 7) is 5.93. The number of ether oxygens (including phenoxy) is 2. The maximum Gasteiger partial charge on any atom is 0.472 e. The third-order valence-corrected chi connectivity index (χ3v) is 10.3. The summed E-state index contributed by atoms with van der Waals surface area (Å²) in [5, 5.41) is 0. The summed E-state index contributed by atoms with van der Waals surface area (Å²) in [5.74, 6) is -0.807. The van der Waals surface area contributed by atoms with Crippen LogP contribution in [0, 0.1) is 0 Å². The summed E-state index contributed by atoms with van der Waals surface area (Å²) in [6.07, 6.45) is 36.8. The van der Waals surface area contributed by atoms with Gasteiger partial charge >= 0.3 is 19.8 Å². The first-order valence-electron chi connectivity index (χ1n) is 21.5. The molecular weight excluding hydrogens is 689 g/mol. The van der Waals surface area contributed by atoms with Gasteiger partial charge in [0.15, 0.2) is 6.10 Å². The van der Waals surface area contributed by atoms with Crippen LogP contribution in [0.1, 0.15) is 187 Å². The zero-order valence-corrected chi connectivity index (χ0v) is 35.7. The Kier molecular flexibility index (Phi) is 35.1. The molecule has 0 saturated carbocycles. The normalized spacial score (nSPS) is 13.6. The molecule has 0 aliphatic rings. The van der Waals surface area contributed by atoms with Crippen LogP contribution in [0.3, 0.4) is 0 Å². The number of nitrogens with zero attached hydrogens (tertiary/aromatic N) is 1. The van der Waals surface area contributed by atoms with Crippen LogP contribution >= 0.6 is 7.82 Å². The quantitative estimate of drug-likeness (QED) is 0.0216. The first kappa shape index (κ1) is 51.5. The van der Waals surface area contributed by atoms with Crippen molar-refractivity contribution in [3.05, 3.63) is 24.8 Å². The van der Waals surface area contributed by atoms with Crippen LogP contribution in [0.2, 0.25) is 0 Å². The summed E-state index contributed by atoms with van der Waals surface area (Å²) in [4.78, 5) is 35.3. The Labute approximate surface area is 326 Å². The van der Waals surface area contributed by atoms with Crippen molar-refractivity contribution < 1.29 is 42.1 Å². The Balaban J connectivity index is 4.36. The van der Waals surface area contributed by atoms with Crippen molar-refractivity contribution in [3.63, 3.8) is 0 Å². The van der Waals surface area contributed by atoms with Crippen molar-refractivity contribution in [1.82, 2.24) is 0 Å². The molecule has 0 aliphatic heterocycles. The van der Waals surface area contributed by atoms with Gasteiger partial charge in [0, 0.05) is 12.8 Å². The lowest BCUT2D eigenvalue weighted by molar-refractivity contribution is -0.870. The van der Waals surface area contributed by atoms with Gasteiger partial charge in [-0.1, -0.05) is 141 Å². The lowest BCUT2D eigenvalue weighted by atomic mass is 10.0. The van der Waals surface area contributed by atoms with Crippen LogP contribution in [-0.2, 0) is 32.7 Å². The van der Waals surface area contributed by atoms with Crippen molar-refractivity contribution in [2.75, 3.05) is 47.5 Å². The Morgan fingerprint density at radius 2 is 1.06 bits per heavy atom. The van der Waals surface area contributed by atoms with Crippen LogP contribution in [-0.4, -0.2) is 74.9 Å². The molecule has 53 heavy (non-hydrogen) atoms. The molecule has 0 aromatic heterocycles. The zero-order valence-electron chi connectivity index (χ0n) is 34.8. The lowest BCUT2D eigenvalue weighted by Crippen LogP contribution is -2.37. The van der Waals surface area contributed by atoms with E-state index >= 15 is 0 Å². The van der Waals surface area contributed by atoms with Crippen LogP contribution in [0.5, 0.6) is 0 Å². The van der Waals surface area contributed by atoms with Gasteiger partial charge in [-0.2, -0.15) is 0 Å². The number of phosphoric acid groups is 1. The predicted octanol–water partition coefficient (Wildman–Crippen LogP) is 12.0. The topological polar surface area (TPSA) is 108 Å². The molecular formula is C43H83NO8P+.